The lowest BCUT2D eigenvalue weighted by Gasteiger charge is -2.29. The summed E-state index contributed by atoms with van der Waals surface area (Å²) in [6.45, 7) is 4.34. The van der Waals surface area contributed by atoms with Crippen LogP contribution in [0.5, 0.6) is 0 Å². The van der Waals surface area contributed by atoms with Crippen molar-refractivity contribution >= 4 is 16.1 Å². The molecule has 2 N–H and O–H groups in total. The van der Waals surface area contributed by atoms with Crippen molar-refractivity contribution in [2.24, 2.45) is 0 Å². The standard InChI is InChI=1S/C21H45NO3S.C5H11NO2/c1-4-5-6-7-8-9-10-11-12-13-14-15-16-17-19-22(2,3)20-18-21-26(23,24)25;1-6(2,3)4-5(7)8/h4-21H2,1-3H3;4H2,1-3H3/p+2. The maximum Gasteiger partial charge on any atom is 0.359 e. The van der Waals surface area contributed by atoms with Gasteiger partial charge < -0.3 is 14.1 Å². The molecule has 206 valence electrons. The summed E-state index contributed by atoms with van der Waals surface area (Å²) in [5, 5.41) is 8.23. The van der Waals surface area contributed by atoms with Gasteiger partial charge in [0.25, 0.3) is 10.1 Å². The molecule has 0 aromatic heterocycles. The normalized spacial score (nSPS) is 12.3. The molecular formula is C26H58N2O5S+2. The molecular weight excluding hydrogens is 452 g/mol. The van der Waals surface area contributed by atoms with E-state index in [4.69, 9.17) is 9.66 Å². The summed E-state index contributed by atoms with van der Waals surface area (Å²) in [4.78, 5) is 10.00. The lowest BCUT2D eigenvalue weighted by atomic mass is 10.0. The second-order valence-electron chi connectivity index (χ2n) is 11.5. The van der Waals surface area contributed by atoms with Crippen LogP contribution in [0.1, 0.15) is 103 Å². The number of nitrogens with zero attached hydrogens (tertiary/aromatic N) is 2. The van der Waals surface area contributed by atoms with E-state index in [1.165, 1.54) is 89.9 Å². The van der Waals surface area contributed by atoms with Gasteiger partial charge in [-0.2, -0.15) is 8.42 Å². The predicted molar refractivity (Wildman–Crippen MR) is 144 cm³/mol. The molecule has 0 amide bonds. The van der Waals surface area contributed by atoms with E-state index in [1.807, 2.05) is 21.1 Å². The summed E-state index contributed by atoms with van der Waals surface area (Å²) in [6, 6.07) is 0. The van der Waals surface area contributed by atoms with Crippen LogP contribution in [0.15, 0.2) is 0 Å². The minimum absolute atomic E-state index is 0.118. The summed E-state index contributed by atoms with van der Waals surface area (Å²) in [6.07, 6.45) is 19.7. The first-order valence-electron chi connectivity index (χ1n) is 13.5. The van der Waals surface area contributed by atoms with Crippen LogP contribution in [-0.2, 0) is 14.9 Å². The van der Waals surface area contributed by atoms with E-state index >= 15 is 0 Å². The Morgan fingerprint density at radius 1 is 0.647 bits per heavy atom. The SMILES string of the molecule is CCCCCCCCCCCCCCCC[N+](C)(C)CCCS(=O)(=O)O.C[N+](C)(C)CC(=O)O. The third-order valence-corrected chi connectivity index (χ3v) is 6.70. The number of carbonyl (C=O) groups is 1. The van der Waals surface area contributed by atoms with Gasteiger partial charge in [0.05, 0.1) is 54.1 Å². The molecule has 0 atom stereocenters. The lowest BCUT2D eigenvalue weighted by molar-refractivity contribution is -0.890. The third kappa shape index (κ3) is 33.5. The Hall–Kier alpha value is -0.700. The van der Waals surface area contributed by atoms with Gasteiger partial charge >= 0.3 is 5.97 Å². The fourth-order valence-corrected chi connectivity index (χ4v) is 4.42. The van der Waals surface area contributed by atoms with E-state index in [-0.39, 0.29) is 12.3 Å². The van der Waals surface area contributed by atoms with Gasteiger partial charge in [-0.25, -0.2) is 4.79 Å². The van der Waals surface area contributed by atoms with Crippen LogP contribution >= 0.6 is 0 Å². The quantitative estimate of drug-likeness (QED) is 0.119. The number of carboxylic acid groups (broad SMARTS) is 1. The van der Waals surface area contributed by atoms with Gasteiger partial charge in [0.1, 0.15) is 0 Å². The number of carboxylic acids is 1. The van der Waals surface area contributed by atoms with Gasteiger partial charge in [-0.3, -0.25) is 4.55 Å². The molecule has 0 rings (SSSR count). The molecule has 34 heavy (non-hydrogen) atoms. The summed E-state index contributed by atoms with van der Waals surface area (Å²) >= 11 is 0. The van der Waals surface area contributed by atoms with Gasteiger partial charge in [-0.05, 0) is 12.8 Å². The maximum absolute atomic E-state index is 10.8. The zero-order chi connectivity index (χ0) is 26.5. The van der Waals surface area contributed by atoms with E-state index in [2.05, 4.69) is 21.0 Å². The van der Waals surface area contributed by atoms with E-state index in [0.717, 1.165) is 17.6 Å². The molecule has 0 aromatic rings. The highest BCUT2D eigenvalue weighted by Crippen LogP contribution is 2.13. The highest BCUT2D eigenvalue weighted by Gasteiger charge is 2.16. The minimum Gasteiger partial charge on any atom is -0.477 e. The fourth-order valence-electron chi connectivity index (χ4n) is 3.93. The molecule has 0 fully saturated rings. The van der Waals surface area contributed by atoms with Crippen LogP contribution in [0.3, 0.4) is 0 Å². The van der Waals surface area contributed by atoms with Gasteiger partial charge in [-0.1, -0.05) is 84.0 Å². The van der Waals surface area contributed by atoms with Crippen molar-refractivity contribution in [2.75, 3.05) is 60.6 Å². The van der Waals surface area contributed by atoms with Crippen molar-refractivity contribution in [3.8, 4) is 0 Å². The minimum atomic E-state index is -3.81. The molecule has 8 heteroatoms. The highest BCUT2D eigenvalue weighted by atomic mass is 32.2. The van der Waals surface area contributed by atoms with Crippen LogP contribution in [-0.4, -0.2) is 93.6 Å². The summed E-state index contributed by atoms with van der Waals surface area (Å²) in [5.41, 5.74) is 0. The van der Waals surface area contributed by atoms with Crippen LogP contribution in [0.2, 0.25) is 0 Å². The Labute approximate surface area is 211 Å². The number of aliphatic carboxylic acids is 1. The molecule has 0 aliphatic rings. The Morgan fingerprint density at radius 3 is 1.29 bits per heavy atom. The first-order chi connectivity index (χ1) is 15.7. The number of hydrogen-bond acceptors (Lipinski definition) is 3. The Morgan fingerprint density at radius 2 is 1.00 bits per heavy atom. The van der Waals surface area contributed by atoms with E-state index in [9.17, 15) is 13.2 Å². The Balaban J connectivity index is 0. The van der Waals surface area contributed by atoms with Crippen LogP contribution in [0.4, 0.5) is 0 Å². The van der Waals surface area contributed by atoms with Crippen molar-refractivity contribution in [1.82, 2.24) is 0 Å². The topological polar surface area (TPSA) is 91.7 Å². The van der Waals surface area contributed by atoms with Crippen LogP contribution in [0.25, 0.3) is 0 Å². The van der Waals surface area contributed by atoms with Crippen molar-refractivity contribution in [2.45, 2.75) is 103 Å². The average molecular weight is 511 g/mol. The average Bonchev–Trinajstić information content (AvgIpc) is 2.65. The van der Waals surface area contributed by atoms with Gasteiger partial charge in [-0.15, -0.1) is 0 Å². The van der Waals surface area contributed by atoms with Crippen LogP contribution < -0.4 is 0 Å². The molecule has 0 aromatic carbocycles. The molecule has 0 bridgehead atoms. The van der Waals surface area contributed by atoms with E-state index in [1.54, 1.807) is 0 Å². The number of unbranched alkanes of at least 4 members (excludes halogenated alkanes) is 13. The number of rotatable bonds is 21. The van der Waals surface area contributed by atoms with Crippen LogP contribution in [0, 0.1) is 0 Å². The second-order valence-corrected chi connectivity index (χ2v) is 13.0. The van der Waals surface area contributed by atoms with Gasteiger partial charge in [0, 0.05) is 6.42 Å². The van der Waals surface area contributed by atoms with Crippen molar-refractivity contribution in [1.29, 1.82) is 0 Å². The first kappa shape index (κ1) is 35.5. The van der Waals surface area contributed by atoms with E-state index in [0.29, 0.717) is 10.9 Å². The number of hydrogen-bond donors (Lipinski definition) is 2. The van der Waals surface area contributed by atoms with E-state index < -0.39 is 16.1 Å². The zero-order valence-corrected chi connectivity index (χ0v) is 24.2. The first-order valence-corrected chi connectivity index (χ1v) is 15.1. The molecule has 0 aliphatic heterocycles. The largest absolute Gasteiger partial charge is 0.477 e. The maximum atomic E-state index is 10.8. The fraction of sp³-hybridized carbons (Fsp3) is 0.962. The summed E-state index contributed by atoms with van der Waals surface area (Å²) in [5.74, 6) is -0.870. The van der Waals surface area contributed by atoms with Gasteiger partial charge in [0.2, 0.25) is 0 Å². The molecule has 0 radical (unpaired) electrons. The summed E-state index contributed by atoms with van der Waals surface area (Å²) < 4.78 is 31.6. The molecule has 0 aliphatic carbocycles. The lowest BCUT2D eigenvalue weighted by Crippen LogP contribution is -2.41. The molecule has 0 saturated heterocycles. The molecule has 0 spiro atoms. The molecule has 0 unspecified atom stereocenters. The number of quaternary nitrogens is 2. The molecule has 0 heterocycles. The zero-order valence-electron chi connectivity index (χ0n) is 23.4. The van der Waals surface area contributed by atoms with Gasteiger partial charge in [0.15, 0.2) is 6.54 Å². The number of likely N-dealkylation sites (N-methyl/N-ethyl adjacent to an activating group) is 1. The highest BCUT2D eigenvalue weighted by molar-refractivity contribution is 7.85. The molecule has 7 nitrogen and oxygen atoms in total. The smallest absolute Gasteiger partial charge is 0.359 e. The Kier molecular flexibility index (Phi) is 21.4. The third-order valence-electron chi connectivity index (χ3n) is 5.89. The Bertz CT molecular complexity index is 586. The second kappa shape index (κ2) is 20.5. The molecule has 0 saturated carbocycles. The van der Waals surface area contributed by atoms with Crippen molar-refractivity contribution in [3.05, 3.63) is 0 Å². The van der Waals surface area contributed by atoms with Crippen molar-refractivity contribution < 1.29 is 31.8 Å². The predicted octanol–water partition coefficient (Wildman–Crippen LogP) is 5.60. The monoisotopic (exact) mass is 510 g/mol. The summed E-state index contributed by atoms with van der Waals surface area (Å²) in [7, 11) is 6.01. The van der Waals surface area contributed by atoms with Crippen molar-refractivity contribution in [3.63, 3.8) is 0 Å².